The van der Waals surface area contributed by atoms with E-state index in [2.05, 4.69) is 5.32 Å². The molecule has 1 saturated heterocycles. The Hall–Kier alpha value is -1.10. The highest BCUT2D eigenvalue weighted by molar-refractivity contribution is 6.03. The third-order valence-corrected chi connectivity index (χ3v) is 1.41. The van der Waals surface area contributed by atoms with Crippen molar-refractivity contribution in [1.29, 1.82) is 0 Å². The Morgan fingerprint density at radius 2 is 2.30 bits per heavy atom. The van der Waals surface area contributed by atoms with Crippen molar-refractivity contribution in [2.24, 2.45) is 0 Å². The van der Waals surface area contributed by atoms with E-state index in [4.69, 9.17) is 5.11 Å². The van der Waals surface area contributed by atoms with Gasteiger partial charge in [-0.15, -0.1) is 0 Å². The highest BCUT2D eigenvalue weighted by atomic mass is 16.3. The predicted octanol–water partition coefficient (Wildman–Crippen LogP) is -1.47. The van der Waals surface area contributed by atoms with E-state index >= 15 is 0 Å². The molecule has 1 aliphatic rings. The van der Waals surface area contributed by atoms with Crippen molar-refractivity contribution in [3.05, 3.63) is 0 Å². The molecule has 56 valence electrons. The summed E-state index contributed by atoms with van der Waals surface area (Å²) < 4.78 is 0. The van der Waals surface area contributed by atoms with E-state index in [9.17, 15) is 9.59 Å². The van der Waals surface area contributed by atoms with Gasteiger partial charge in [-0.25, -0.2) is 4.79 Å². The lowest BCUT2D eigenvalue weighted by atomic mass is 10.3. The monoisotopic (exact) mass is 144 g/mol. The summed E-state index contributed by atoms with van der Waals surface area (Å²) >= 11 is 0. The second kappa shape index (κ2) is 2.26. The fourth-order valence-electron chi connectivity index (χ4n) is 0.765. The Kier molecular flexibility index (Phi) is 1.58. The summed E-state index contributed by atoms with van der Waals surface area (Å²) in [5.41, 5.74) is 0. The Labute approximate surface area is 57.6 Å². The zero-order valence-electron chi connectivity index (χ0n) is 5.50. The third kappa shape index (κ3) is 0.841. The highest BCUT2D eigenvalue weighted by Gasteiger charge is 2.34. The molecule has 0 bridgehead atoms. The summed E-state index contributed by atoms with van der Waals surface area (Å²) in [7, 11) is 1.37. The molecule has 0 saturated carbocycles. The van der Waals surface area contributed by atoms with Crippen molar-refractivity contribution in [3.63, 3.8) is 0 Å². The fraction of sp³-hybridized carbons (Fsp3) is 0.600. The van der Waals surface area contributed by atoms with Crippen LogP contribution in [0.3, 0.4) is 0 Å². The number of likely N-dealkylation sites (N-methyl/N-ethyl adjacent to an activating group) is 1. The van der Waals surface area contributed by atoms with Gasteiger partial charge >= 0.3 is 6.03 Å². The Morgan fingerprint density at radius 3 is 2.50 bits per heavy atom. The number of aliphatic hydroxyl groups excluding tert-OH is 1. The molecule has 0 aromatic carbocycles. The van der Waals surface area contributed by atoms with Crippen molar-refractivity contribution in [3.8, 4) is 0 Å². The number of carbonyl (C=O) groups is 2. The number of hydrogen-bond donors (Lipinski definition) is 2. The summed E-state index contributed by atoms with van der Waals surface area (Å²) in [6.45, 7) is -0.338. The van der Waals surface area contributed by atoms with Crippen LogP contribution in [0.15, 0.2) is 0 Å². The van der Waals surface area contributed by atoms with Gasteiger partial charge in [-0.05, 0) is 0 Å². The van der Waals surface area contributed by atoms with E-state index in [1.165, 1.54) is 7.05 Å². The average Bonchev–Trinajstić information content (AvgIpc) is 2.17. The molecular formula is C5H8N2O3. The van der Waals surface area contributed by atoms with Crippen LogP contribution in [0.4, 0.5) is 4.79 Å². The Morgan fingerprint density at radius 1 is 1.70 bits per heavy atom. The van der Waals surface area contributed by atoms with E-state index in [1.54, 1.807) is 0 Å². The Balaban J connectivity index is 2.71. The zero-order valence-corrected chi connectivity index (χ0v) is 5.50. The summed E-state index contributed by atoms with van der Waals surface area (Å²) in [6.07, 6.45) is 0. The largest absolute Gasteiger partial charge is 0.394 e. The van der Waals surface area contributed by atoms with Crippen molar-refractivity contribution in [2.45, 2.75) is 6.04 Å². The second-order valence-corrected chi connectivity index (χ2v) is 2.08. The van der Waals surface area contributed by atoms with Crippen LogP contribution in [0.2, 0.25) is 0 Å². The second-order valence-electron chi connectivity index (χ2n) is 2.08. The average molecular weight is 144 g/mol. The van der Waals surface area contributed by atoms with Gasteiger partial charge in [-0.3, -0.25) is 9.69 Å². The van der Waals surface area contributed by atoms with Crippen LogP contribution in [0.25, 0.3) is 0 Å². The van der Waals surface area contributed by atoms with Crippen LogP contribution >= 0.6 is 0 Å². The standard InChI is InChI=1S/C5H8N2O3/c1-7-4(9)3(2-8)6-5(7)10/h3,8H,2H2,1H3,(H,6,10)/t3-/m0/s1. The molecule has 5 heteroatoms. The van der Waals surface area contributed by atoms with Crippen molar-refractivity contribution < 1.29 is 14.7 Å². The van der Waals surface area contributed by atoms with E-state index in [1.807, 2.05) is 0 Å². The number of amides is 3. The first-order valence-corrected chi connectivity index (χ1v) is 2.85. The van der Waals surface area contributed by atoms with Gasteiger partial charge in [0.15, 0.2) is 0 Å². The maximum Gasteiger partial charge on any atom is 0.324 e. The summed E-state index contributed by atoms with van der Waals surface area (Å²) in [5, 5.41) is 10.8. The van der Waals surface area contributed by atoms with Gasteiger partial charge in [-0.1, -0.05) is 0 Å². The fourth-order valence-corrected chi connectivity index (χ4v) is 0.765. The van der Waals surface area contributed by atoms with Crippen molar-refractivity contribution >= 4 is 11.9 Å². The molecular weight excluding hydrogens is 136 g/mol. The maximum atomic E-state index is 10.8. The molecule has 0 radical (unpaired) electrons. The summed E-state index contributed by atoms with van der Waals surface area (Å²) in [4.78, 5) is 22.4. The first kappa shape index (κ1) is 7.01. The van der Waals surface area contributed by atoms with Crippen LogP contribution < -0.4 is 5.32 Å². The van der Waals surface area contributed by atoms with Crippen LogP contribution in [0.5, 0.6) is 0 Å². The molecule has 1 rings (SSSR count). The van der Waals surface area contributed by atoms with Crippen molar-refractivity contribution in [2.75, 3.05) is 13.7 Å². The summed E-state index contributed by atoms with van der Waals surface area (Å²) in [6, 6.07) is -1.19. The maximum absolute atomic E-state index is 10.8. The molecule has 3 amide bonds. The molecule has 1 heterocycles. The number of nitrogens with zero attached hydrogens (tertiary/aromatic N) is 1. The number of hydrogen-bond acceptors (Lipinski definition) is 3. The van der Waals surface area contributed by atoms with Crippen LogP contribution in [0, 0.1) is 0 Å². The minimum atomic E-state index is -0.738. The van der Waals surface area contributed by atoms with Gasteiger partial charge in [0.1, 0.15) is 6.04 Å². The van der Waals surface area contributed by atoms with Crippen LogP contribution in [-0.2, 0) is 4.79 Å². The first-order chi connectivity index (χ1) is 4.66. The van der Waals surface area contributed by atoms with Gasteiger partial charge < -0.3 is 10.4 Å². The molecule has 0 aromatic heterocycles. The molecule has 0 aromatic rings. The van der Waals surface area contributed by atoms with E-state index in [-0.39, 0.29) is 12.5 Å². The van der Waals surface area contributed by atoms with Gasteiger partial charge in [0.25, 0.3) is 5.91 Å². The van der Waals surface area contributed by atoms with E-state index in [0.29, 0.717) is 0 Å². The molecule has 1 fully saturated rings. The lowest BCUT2D eigenvalue weighted by molar-refractivity contribution is -0.127. The van der Waals surface area contributed by atoms with Gasteiger partial charge in [-0.2, -0.15) is 0 Å². The Bertz CT molecular complexity index is 180. The number of rotatable bonds is 1. The molecule has 1 atom stereocenters. The van der Waals surface area contributed by atoms with Crippen molar-refractivity contribution in [1.82, 2.24) is 10.2 Å². The molecule has 0 spiro atoms. The molecule has 0 unspecified atom stereocenters. The van der Waals surface area contributed by atoms with Gasteiger partial charge in [0, 0.05) is 7.05 Å². The minimum Gasteiger partial charge on any atom is -0.394 e. The molecule has 5 nitrogen and oxygen atoms in total. The number of urea groups is 1. The summed E-state index contributed by atoms with van der Waals surface area (Å²) in [5.74, 6) is -0.382. The van der Waals surface area contributed by atoms with E-state index < -0.39 is 12.1 Å². The lowest BCUT2D eigenvalue weighted by Crippen LogP contribution is -2.32. The highest BCUT2D eigenvalue weighted by Crippen LogP contribution is 2.01. The number of aliphatic hydroxyl groups is 1. The number of nitrogens with one attached hydrogen (secondary N) is 1. The minimum absolute atomic E-state index is 0.338. The third-order valence-electron chi connectivity index (χ3n) is 1.41. The van der Waals surface area contributed by atoms with Gasteiger partial charge in [0.05, 0.1) is 6.61 Å². The molecule has 1 aliphatic heterocycles. The zero-order chi connectivity index (χ0) is 7.72. The first-order valence-electron chi connectivity index (χ1n) is 2.85. The van der Waals surface area contributed by atoms with Crippen LogP contribution in [0.1, 0.15) is 0 Å². The molecule has 0 aliphatic carbocycles. The SMILES string of the molecule is CN1C(=O)N[C@@H](CO)C1=O. The molecule has 2 N–H and O–H groups in total. The smallest absolute Gasteiger partial charge is 0.324 e. The van der Waals surface area contributed by atoms with E-state index in [0.717, 1.165) is 4.90 Å². The number of carbonyl (C=O) groups excluding carboxylic acids is 2. The quantitative estimate of drug-likeness (QED) is 0.441. The number of imide groups is 1. The van der Waals surface area contributed by atoms with Gasteiger partial charge in [0.2, 0.25) is 0 Å². The topological polar surface area (TPSA) is 69.6 Å². The normalized spacial score (nSPS) is 25.4. The molecule has 10 heavy (non-hydrogen) atoms. The lowest BCUT2D eigenvalue weighted by Gasteiger charge is -2.02. The van der Waals surface area contributed by atoms with Crippen LogP contribution in [-0.4, -0.2) is 41.6 Å². The predicted molar refractivity (Wildman–Crippen MR) is 32.2 cm³/mol.